The van der Waals surface area contributed by atoms with E-state index in [2.05, 4.69) is 0 Å². The van der Waals surface area contributed by atoms with Crippen LogP contribution in [0.2, 0.25) is 0 Å². The molecule has 2 fully saturated rings. The summed E-state index contributed by atoms with van der Waals surface area (Å²) < 4.78 is 28.0. The van der Waals surface area contributed by atoms with Gasteiger partial charge in [-0.25, -0.2) is 0 Å². The van der Waals surface area contributed by atoms with Crippen LogP contribution in [0, 0.1) is 0 Å². The fraction of sp³-hybridized carbons (Fsp3) is 0.444. The number of carbonyl (C=O) groups is 1. The highest BCUT2D eigenvalue weighted by Gasteiger charge is 2.51. The number of hydrogen-bond acceptors (Lipinski definition) is 15. The van der Waals surface area contributed by atoms with Crippen LogP contribution in [0.1, 0.15) is 22.8 Å². The Kier molecular flexibility index (Phi) is 8.30. The number of benzene rings is 2. The van der Waals surface area contributed by atoms with Gasteiger partial charge in [-0.2, -0.15) is 0 Å². The summed E-state index contributed by atoms with van der Waals surface area (Å²) in [6.45, 7) is 0.680. The zero-order valence-corrected chi connectivity index (χ0v) is 21.9. The van der Waals surface area contributed by atoms with Gasteiger partial charge >= 0.3 is 0 Å². The standard InChI is InChI=1S/C27H30O15/c1-9-19(32)22(35)24(37)26(38-9)42-25-23(36)21(34)17(8-28)41-27(25)39-11-6-14(31)18-15(7-11)40-16(20(18)33)5-10-2-3-12(29)13(30)4-10/h2-7,9,17,19,21-32,34-37H,8H2,1H3/t9-,17+,19-,21+,22+,23-,24+,25+,26-,27+/m0/s1. The van der Waals surface area contributed by atoms with E-state index >= 15 is 0 Å². The van der Waals surface area contributed by atoms with Gasteiger partial charge in [0.1, 0.15) is 59.4 Å². The molecule has 2 aromatic carbocycles. The van der Waals surface area contributed by atoms with Crippen molar-refractivity contribution >= 4 is 11.9 Å². The van der Waals surface area contributed by atoms with Gasteiger partial charge in [-0.15, -0.1) is 0 Å². The number of aliphatic hydroxyl groups is 6. The maximum atomic E-state index is 12.9. The molecule has 0 amide bonds. The smallest absolute Gasteiger partial charge is 0.235 e. The van der Waals surface area contributed by atoms with Gasteiger partial charge in [0.05, 0.1) is 12.7 Å². The molecular formula is C27H30O15. The number of phenolic OH excluding ortho intramolecular Hbond substituents is 3. The summed E-state index contributed by atoms with van der Waals surface area (Å²) in [7, 11) is 0. The van der Waals surface area contributed by atoms with E-state index in [1.807, 2.05) is 0 Å². The maximum Gasteiger partial charge on any atom is 0.235 e. The molecule has 42 heavy (non-hydrogen) atoms. The van der Waals surface area contributed by atoms with E-state index in [4.69, 9.17) is 23.7 Å². The molecule has 0 radical (unpaired) electrons. The van der Waals surface area contributed by atoms with Crippen LogP contribution in [0.3, 0.4) is 0 Å². The van der Waals surface area contributed by atoms with Gasteiger partial charge in [0.15, 0.2) is 29.7 Å². The number of ketones is 1. The molecular weight excluding hydrogens is 564 g/mol. The van der Waals surface area contributed by atoms with Gasteiger partial charge in [0.25, 0.3) is 0 Å². The summed E-state index contributed by atoms with van der Waals surface area (Å²) in [4.78, 5) is 12.9. The fourth-order valence-corrected chi connectivity index (χ4v) is 4.83. The average Bonchev–Trinajstić information content (AvgIpc) is 3.26. The Morgan fingerprint density at radius 2 is 1.57 bits per heavy atom. The number of ether oxygens (including phenoxy) is 5. The van der Waals surface area contributed by atoms with E-state index in [-0.39, 0.29) is 28.6 Å². The molecule has 0 aliphatic carbocycles. The Hall–Kier alpha value is -3.51. The third kappa shape index (κ3) is 5.49. The van der Waals surface area contributed by atoms with Crippen LogP contribution in [0.25, 0.3) is 6.08 Å². The van der Waals surface area contributed by atoms with Crippen molar-refractivity contribution in [2.75, 3.05) is 6.61 Å². The topological polar surface area (TPSA) is 245 Å². The fourth-order valence-electron chi connectivity index (χ4n) is 4.83. The second-order valence-corrected chi connectivity index (χ2v) is 10.1. The Balaban J connectivity index is 1.40. The zero-order chi connectivity index (χ0) is 30.5. The normalized spacial score (nSPS) is 35.6. The number of phenols is 3. The first-order valence-corrected chi connectivity index (χ1v) is 12.9. The molecule has 0 bridgehead atoms. The first kappa shape index (κ1) is 30.0. The third-order valence-corrected chi connectivity index (χ3v) is 7.20. The summed E-state index contributed by atoms with van der Waals surface area (Å²) in [5.74, 6) is -2.50. The predicted molar refractivity (Wildman–Crippen MR) is 136 cm³/mol. The second-order valence-electron chi connectivity index (χ2n) is 10.1. The Labute approximate surface area is 237 Å². The van der Waals surface area contributed by atoms with E-state index in [0.717, 1.165) is 6.07 Å². The van der Waals surface area contributed by atoms with Crippen molar-refractivity contribution in [1.82, 2.24) is 0 Å². The number of aromatic hydroxyl groups is 3. The molecule has 15 heteroatoms. The minimum atomic E-state index is -1.77. The van der Waals surface area contributed by atoms with Gasteiger partial charge in [0, 0.05) is 12.1 Å². The van der Waals surface area contributed by atoms with Crippen molar-refractivity contribution in [2.45, 2.75) is 68.3 Å². The number of rotatable bonds is 6. The van der Waals surface area contributed by atoms with Gasteiger partial charge < -0.3 is 69.6 Å². The number of Topliss-reactive ketones (excluding diaryl/α,β-unsaturated/α-hetero) is 1. The van der Waals surface area contributed by atoms with E-state index in [0.29, 0.717) is 5.56 Å². The van der Waals surface area contributed by atoms with Gasteiger partial charge in [0.2, 0.25) is 12.1 Å². The first-order valence-electron chi connectivity index (χ1n) is 12.9. The van der Waals surface area contributed by atoms with Gasteiger partial charge in [-0.3, -0.25) is 4.79 Å². The molecule has 9 N–H and O–H groups in total. The van der Waals surface area contributed by atoms with Crippen molar-refractivity contribution < 1.29 is 74.4 Å². The van der Waals surface area contributed by atoms with E-state index < -0.39 is 85.3 Å². The third-order valence-electron chi connectivity index (χ3n) is 7.20. The largest absolute Gasteiger partial charge is 0.507 e. The van der Waals surface area contributed by atoms with Crippen LogP contribution in [0.15, 0.2) is 36.1 Å². The monoisotopic (exact) mass is 594 g/mol. The van der Waals surface area contributed by atoms with Crippen LogP contribution < -0.4 is 9.47 Å². The van der Waals surface area contributed by atoms with E-state index in [9.17, 15) is 50.8 Å². The molecule has 2 aromatic rings. The van der Waals surface area contributed by atoms with Gasteiger partial charge in [-0.1, -0.05) is 6.07 Å². The Bertz CT molecular complexity index is 1360. The molecule has 3 aliphatic heterocycles. The molecule has 5 rings (SSSR count). The molecule has 10 atom stereocenters. The van der Waals surface area contributed by atoms with Crippen LogP contribution in [0.4, 0.5) is 0 Å². The molecule has 0 spiro atoms. The molecule has 228 valence electrons. The zero-order valence-electron chi connectivity index (χ0n) is 21.9. The van der Waals surface area contributed by atoms with Crippen LogP contribution in [-0.4, -0.2) is 120 Å². The molecule has 2 saturated heterocycles. The molecule has 0 unspecified atom stereocenters. The van der Waals surface area contributed by atoms with Crippen molar-refractivity contribution in [3.8, 4) is 28.7 Å². The number of aliphatic hydroxyl groups excluding tert-OH is 6. The summed E-state index contributed by atoms with van der Waals surface area (Å²) in [5, 5.41) is 91.2. The predicted octanol–water partition coefficient (Wildman–Crippen LogP) is -1.55. The SMILES string of the molecule is C[C@@H]1O[C@@H](O[C@H]2[C@H](Oc3cc(O)c4c(c3)OC(=Cc3ccc(O)c(O)c3)C4=O)O[C@H](CO)[C@@H](O)[C@@H]2O)[C@H](O)[C@H](O)[C@H]1O. The molecule has 15 nitrogen and oxygen atoms in total. The van der Waals surface area contributed by atoms with Crippen molar-refractivity contribution in [2.24, 2.45) is 0 Å². The van der Waals surface area contributed by atoms with Crippen LogP contribution in [-0.2, 0) is 14.2 Å². The maximum absolute atomic E-state index is 12.9. The van der Waals surface area contributed by atoms with Crippen molar-refractivity contribution in [3.63, 3.8) is 0 Å². The quantitative estimate of drug-likeness (QED) is 0.136. The van der Waals surface area contributed by atoms with Crippen LogP contribution in [0.5, 0.6) is 28.7 Å². The number of hydrogen-bond donors (Lipinski definition) is 9. The second kappa shape index (κ2) is 11.6. The highest BCUT2D eigenvalue weighted by atomic mass is 16.8. The Morgan fingerprint density at radius 3 is 2.26 bits per heavy atom. The summed E-state index contributed by atoms with van der Waals surface area (Å²) in [5.41, 5.74) is 0.118. The number of fused-ring (bicyclic) bond motifs is 1. The lowest BCUT2D eigenvalue weighted by atomic mass is 9.97. The molecule has 0 saturated carbocycles. The lowest BCUT2D eigenvalue weighted by molar-refractivity contribution is -0.354. The van der Waals surface area contributed by atoms with Crippen molar-refractivity contribution in [1.29, 1.82) is 0 Å². The highest BCUT2D eigenvalue weighted by molar-refractivity contribution is 6.16. The number of allylic oxidation sites excluding steroid dienone is 1. The minimum Gasteiger partial charge on any atom is -0.507 e. The lowest BCUT2D eigenvalue weighted by Gasteiger charge is -2.45. The molecule has 0 aromatic heterocycles. The molecule has 3 heterocycles. The van der Waals surface area contributed by atoms with E-state index in [1.165, 1.54) is 37.3 Å². The summed E-state index contributed by atoms with van der Waals surface area (Å²) in [6, 6.07) is 6.10. The van der Waals surface area contributed by atoms with Crippen LogP contribution >= 0.6 is 0 Å². The van der Waals surface area contributed by atoms with E-state index in [1.54, 1.807) is 0 Å². The molecule has 3 aliphatic rings. The van der Waals surface area contributed by atoms with Gasteiger partial charge in [-0.05, 0) is 30.7 Å². The first-order chi connectivity index (χ1) is 19.9. The highest BCUT2D eigenvalue weighted by Crippen LogP contribution is 2.42. The lowest BCUT2D eigenvalue weighted by Crippen LogP contribution is -2.64. The van der Waals surface area contributed by atoms with Crippen molar-refractivity contribution in [3.05, 3.63) is 47.2 Å². The minimum absolute atomic E-state index is 0.117. The number of carbonyl (C=O) groups excluding carboxylic acids is 1. The summed E-state index contributed by atoms with van der Waals surface area (Å²) >= 11 is 0. The average molecular weight is 595 g/mol. The Morgan fingerprint density at radius 1 is 0.833 bits per heavy atom. The summed E-state index contributed by atoms with van der Waals surface area (Å²) in [6.07, 6.45) is -14.2.